The van der Waals surface area contributed by atoms with Crippen LogP contribution in [0.15, 0.2) is 30.6 Å². The molecule has 0 aliphatic carbocycles. The Morgan fingerprint density at radius 1 is 1.53 bits per heavy atom. The summed E-state index contributed by atoms with van der Waals surface area (Å²) >= 11 is 9.84. The van der Waals surface area contributed by atoms with E-state index in [2.05, 4.69) is 22.6 Å². The number of nitrogens with zero attached hydrogens (tertiary/aromatic N) is 2. The van der Waals surface area contributed by atoms with Gasteiger partial charge in [-0.15, -0.1) is 0 Å². The standard InChI is InChI=1S/C11H8ClN3O3S/c12-7-2-1-6(5-8(7)15(17)18)9(16)10(19)11-13-3-4-14-11/h1-5,10,19H,(H,13,14). The molecule has 2 rings (SSSR count). The first-order chi connectivity index (χ1) is 9.00. The van der Waals surface area contributed by atoms with E-state index < -0.39 is 16.0 Å². The van der Waals surface area contributed by atoms with Crippen LogP contribution in [0.2, 0.25) is 5.02 Å². The van der Waals surface area contributed by atoms with Crippen molar-refractivity contribution in [1.82, 2.24) is 9.97 Å². The topological polar surface area (TPSA) is 88.9 Å². The molecule has 0 aliphatic rings. The average Bonchev–Trinajstić information content (AvgIpc) is 2.91. The van der Waals surface area contributed by atoms with Crippen molar-refractivity contribution < 1.29 is 9.72 Å². The number of aromatic nitrogens is 2. The molecule has 2 aromatic rings. The molecule has 0 saturated heterocycles. The summed E-state index contributed by atoms with van der Waals surface area (Å²) < 4.78 is 0. The Bertz CT molecular complexity index is 630. The van der Waals surface area contributed by atoms with Gasteiger partial charge in [0.2, 0.25) is 0 Å². The van der Waals surface area contributed by atoms with E-state index in [1.807, 2.05) is 0 Å². The van der Waals surface area contributed by atoms with Gasteiger partial charge < -0.3 is 4.98 Å². The van der Waals surface area contributed by atoms with E-state index in [4.69, 9.17) is 11.6 Å². The first-order valence-electron chi connectivity index (χ1n) is 5.16. The lowest BCUT2D eigenvalue weighted by molar-refractivity contribution is -0.384. The summed E-state index contributed by atoms with van der Waals surface area (Å²) in [5, 5.41) is 9.94. The summed E-state index contributed by atoms with van der Waals surface area (Å²) in [5.74, 6) is -0.0102. The van der Waals surface area contributed by atoms with Gasteiger partial charge >= 0.3 is 0 Å². The zero-order valence-electron chi connectivity index (χ0n) is 9.41. The third-order valence-corrected chi connectivity index (χ3v) is 3.25. The fourth-order valence-electron chi connectivity index (χ4n) is 1.51. The molecule has 0 spiro atoms. The van der Waals surface area contributed by atoms with Crippen LogP contribution in [0.3, 0.4) is 0 Å². The average molecular weight is 298 g/mol. The summed E-state index contributed by atoms with van der Waals surface area (Å²) in [5.41, 5.74) is -0.153. The number of hydrogen-bond donors (Lipinski definition) is 2. The van der Waals surface area contributed by atoms with Crippen molar-refractivity contribution in [2.45, 2.75) is 5.25 Å². The van der Waals surface area contributed by atoms with E-state index in [0.29, 0.717) is 5.82 Å². The third kappa shape index (κ3) is 2.77. The highest BCUT2D eigenvalue weighted by Gasteiger charge is 2.23. The van der Waals surface area contributed by atoms with E-state index in [9.17, 15) is 14.9 Å². The lowest BCUT2D eigenvalue weighted by atomic mass is 10.1. The van der Waals surface area contributed by atoms with Crippen LogP contribution in [-0.2, 0) is 0 Å². The fourth-order valence-corrected chi connectivity index (χ4v) is 1.99. The molecular formula is C11H8ClN3O3S. The van der Waals surface area contributed by atoms with E-state index in [1.54, 1.807) is 6.20 Å². The molecule has 19 heavy (non-hydrogen) atoms. The molecule has 1 heterocycles. The van der Waals surface area contributed by atoms with E-state index in [1.165, 1.54) is 18.3 Å². The number of ketones is 1. The summed E-state index contributed by atoms with van der Waals surface area (Å²) in [6.07, 6.45) is 3.06. The van der Waals surface area contributed by atoms with Crippen LogP contribution in [0.4, 0.5) is 5.69 Å². The van der Waals surface area contributed by atoms with Gasteiger partial charge in [0.25, 0.3) is 5.69 Å². The van der Waals surface area contributed by atoms with Gasteiger partial charge in [-0.25, -0.2) is 4.98 Å². The van der Waals surface area contributed by atoms with Crippen molar-refractivity contribution in [1.29, 1.82) is 0 Å². The highest BCUT2D eigenvalue weighted by atomic mass is 35.5. The van der Waals surface area contributed by atoms with Crippen molar-refractivity contribution in [3.05, 3.63) is 57.1 Å². The van der Waals surface area contributed by atoms with Gasteiger partial charge in [-0.05, 0) is 12.1 Å². The maximum atomic E-state index is 12.1. The number of carbonyl (C=O) groups is 1. The number of aromatic amines is 1. The van der Waals surface area contributed by atoms with Crippen molar-refractivity contribution in [2.24, 2.45) is 0 Å². The van der Waals surface area contributed by atoms with Crippen LogP contribution in [-0.4, -0.2) is 20.7 Å². The van der Waals surface area contributed by atoms with Crippen molar-refractivity contribution in [3.8, 4) is 0 Å². The fraction of sp³-hybridized carbons (Fsp3) is 0.0909. The van der Waals surface area contributed by atoms with Gasteiger partial charge in [-0.1, -0.05) is 11.6 Å². The minimum absolute atomic E-state index is 0.0183. The van der Waals surface area contributed by atoms with Crippen molar-refractivity contribution in [2.75, 3.05) is 0 Å². The van der Waals surface area contributed by atoms with Crippen molar-refractivity contribution in [3.63, 3.8) is 0 Å². The first-order valence-corrected chi connectivity index (χ1v) is 6.05. The largest absolute Gasteiger partial charge is 0.347 e. The molecular weight excluding hydrogens is 290 g/mol. The number of nitrogens with one attached hydrogen (secondary N) is 1. The molecule has 1 aromatic carbocycles. The second-order valence-electron chi connectivity index (χ2n) is 3.66. The van der Waals surface area contributed by atoms with E-state index in [-0.39, 0.29) is 16.3 Å². The molecule has 0 fully saturated rings. The number of carbonyl (C=O) groups excluding carboxylic acids is 1. The maximum Gasteiger partial charge on any atom is 0.288 e. The van der Waals surface area contributed by atoms with Gasteiger partial charge in [-0.2, -0.15) is 12.6 Å². The molecule has 0 amide bonds. The quantitative estimate of drug-likeness (QED) is 0.393. The Morgan fingerprint density at radius 3 is 2.84 bits per heavy atom. The van der Waals surface area contributed by atoms with Gasteiger partial charge in [0.05, 0.1) is 4.92 Å². The number of Topliss-reactive ketones (excluding diaryl/α,β-unsaturated/α-hetero) is 1. The van der Waals surface area contributed by atoms with Crippen LogP contribution >= 0.6 is 24.2 Å². The maximum absolute atomic E-state index is 12.1. The molecule has 0 aliphatic heterocycles. The molecule has 6 nitrogen and oxygen atoms in total. The van der Waals surface area contributed by atoms with Crippen LogP contribution in [0, 0.1) is 10.1 Å². The number of nitro benzene ring substituents is 1. The lowest BCUT2D eigenvalue weighted by Gasteiger charge is -2.07. The number of imidazole rings is 1. The van der Waals surface area contributed by atoms with E-state index in [0.717, 1.165) is 6.07 Å². The second-order valence-corrected chi connectivity index (χ2v) is 4.59. The Hall–Kier alpha value is -1.86. The molecule has 0 saturated carbocycles. The molecule has 1 aromatic heterocycles. The molecule has 0 radical (unpaired) electrons. The number of rotatable bonds is 4. The number of nitro groups is 1. The molecule has 1 unspecified atom stereocenters. The molecule has 1 atom stereocenters. The zero-order chi connectivity index (χ0) is 14.0. The highest BCUT2D eigenvalue weighted by Crippen LogP contribution is 2.28. The number of thiol groups is 1. The smallest absolute Gasteiger partial charge is 0.288 e. The monoisotopic (exact) mass is 297 g/mol. The van der Waals surface area contributed by atoms with Crippen LogP contribution < -0.4 is 0 Å². The van der Waals surface area contributed by atoms with Gasteiger partial charge in [-0.3, -0.25) is 14.9 Å². The Morgan fingerprint density at radius 2 is 2.26 bits per heavy atom. The van der Waals surface area contributed by atoms with Gasteiger partial charge in [0, 0.05) is 24.0 Å². The van der Waals surface area contributed by atoms with Gasteiger partial charge in [0.15, 0.2) is 5.78 Å². The normalized spacial score (nSPS) is 12.1. The summed E-state index contributed by atoms with van der Waals surface area (Å²) in [7, 11) is 0. The van der Waals surface area contributed by atoms with Crippen LogP contribution in [0.5, 0.6) is 0 Å². The van der Waals surface area contributed by atoms with Crippen LogP contribution in [0.25, 0.3) is 0 Å². The van der Waals surface area contributed by atoms with Crippen LogP contribution in [0.1, 0.15) is 21.4 Å². The summed E-state index contributed by atoms with van der Waals surface area (Å²) in [6.45, 7) is 0. The minimum Gasteiger partial charge on any atom is -0.347 e. The number of hydrogen-bond acceptors (Lipinski definition) is 5. The number of benzene rings is 1. The molecule has 8 heteroatoms. The van der Waals surface area contributed by atoms with Crippen molar-refractivity contribution >= 4 is 35.7 Å². The Kier molecular flexibility index (Phi) is 3.87. The third-order valence-electron chi connectivity index (χ3n) is 2.45. The lowest BCUT2D eigenvalue weighted by Crippen LogP contribution is -2.09. The highest BCUT2D eigenvalue weighted by molar-refractivity contribution is 7.81. The predicted molar refractivity (Wildman–Crippen MR) is 72.8 cm³/mol. The second kappa shape index (κ2) is 5.41. The molecule has 98 valence electrons. The van der Waals surface area contributed by atoms with Gasteiger partial charge in [0.1, 0.15) is 16.1 Å². The number of H-pyrrole nitrogens is 1. The Labute approximate surface area is 118 Å². The SMILES string of the molecule is O=C(c1ccc(Cl)c([N+](=O)[O-])c1)C(S)c1ncc[nH]1. The summed E-state index contributed by atoms with van der Waals surface area (Å²) in [6, 6.07) is 3.87. The first kappa shape index (κ1) is 13.6. The Balaban J connectivity index is 2.34. The predicted octanol–water partition coefficient (Wildman–Crippen LogP) is 2.83. The van der Waals surface area contributed by atoms with E-state index >= 15 is 0 Å². The minimum atomic E-state index is -0.809. The molecule has 1 N–H and O–H groups in total. The number of halogens is 1. The zero-order valence-corrected chi connectivity index (χ0v) is 11.1. The molecule has 0 bridgehead atoms. The summed E-state index contributed by atoms with van der Waals surface area (Å²) in [4.78, 5) is 28.9.